The van der Waals surface area contributed by atoms with E-state index in [1.807, 2.05) is 0 Å². The summed E-state index contributed by atoms with van der Waals surface area (Å²) in [5, 5.41) is 0. The third kappa shape index (κ3) is 17.7. The van der Waals surface area contributed by atoms with E-state index in [-0.39, 0.29) is 151 Å². The first-order chi connectivity index (χ1) is 0. The second kappa shape index (κ2) is 23.4. The molecule has 0 atom stereocenters. The molecule has 0 aromatic heterocycles. The Morgan fingerprint density at radius 1 is 1.20 bits per heavy atom. The van der Waals surface area contributed by atoms with Gasteiger partial charge in [-0.1, -0.05) is 0 Å². The molecule has 0 radical (unpaired) electrons. The Balaban J connectivity index is 0. The van der Waals surface area contributed by atoms with Gasteiger partial charge in [0.25, 0.3) is 0 Å². The summed E-state index contributed by atoms with van der Waals surface area (Å²) < 4.78 is 0. The van der Waals surface area contributed by atoms with Gasteiger partial charge in [-0.3, -0.25) is 0 Å². The van der Waals surface area contributed by atoms with Crippen LogP contribution in [0.4, 0.5) is 0 Å². The standard InChI is InChI=1S/Ca.Mg.H2Se.Sr.Zn.6H/h;;1H2;;;;;;;;/q2*+2;;+2;;6*-1. The molecule has 0 amide bonds. The minimum atomic E-state index is 0. The van der Waals surface area contributed by atoms with Gasteiger partial charge in [-0.2, -0.15) is 0 Å². The Labute approximate surface area is 148 Å². The van der Waals surface area contributed by atoms with Gasteiger partial charge in [-0.15, -0.1) is 0 Å². The Bertz CT molecular complexity index is 22.5. The Morgan fingerprint density at radius 3 is 1.20 bits per heavy atom. The summed E-state index contributed by atoms with van der Waals surface area (Å²) >= 11 is 0. The molecule has 0 aliphatic carbocycles. The predicted molar refractivity (Wildman–Crippen MR) is 32.5 cm³/mol. The van der Waals surface area contributed by atoms with Crippen molar-refractivity contribution >= 4 is 123 Å². The van der Waals surface area contributed by atoms with Gasteiger partial charge in [0, 0.05) is 19.5 Å². The van der Waals surface area contributed by atoms with Crippen LogP contribution >= 0.6 is 0 Å². The van der Waals surface area contributed by atoms with Crippen molar-refractivity contribution in [1.82, 2.24) is 0 Å². The fourth-order valence-corrected chi connectivity index (χ4v) is 0. The van der Waals surface area contributed by atoms with E-state index in [1.165, 1.54) is 0 Å². The van der Waals surface area contributed by atoms with Crippen LogP contribution < -0.4 is 0 Å². The third-order valence-corrected chi connectivity index (χ3v) is 0. The molecule has 0 aromatic carbocycles. The van der Waals surface area contributed by atoms with Crippen molar-refractivity contribution in [3.05, 3.63) is 0 Å². The van der Waals surface area contributed by atoms with Crippen molar-refractivity contribution < 1.29 is 28.0 Å². The fourth-order valence-electron chi connectivity index (χ4n) is 0. The molecule has 0 unspecified atom stereocenters. The van der Waals surface area contributed by atoms with E-state index in [9.17, 15) is 0 Å². The minimum Gasteiger partial charge on any atom is 0 e. The molecule has 0 saturated carbocycles. The van der Waals surface area contributed by atoms with Gasteiger partial charge in [-0.05, 0) is 0 Å². The van der Waals surface area contributed by atoms with Crippen molar-refractivity contribution in [3.8, 4) is 0 Å². The summed E-state index contributed by atoms with van der Waals surface area (Å²) in [7, 11) is 0. The number of hydrogen-bond donors (Lipinski definition) is 0. The van der Waals surface area contributed by atoms with Gasteiger partial charge in [-0.25, -0.2) is 0 Å². The molecule has 0 spiro atoms. The van der Waals surface area contributed by atoms with Gasteiger partial charge in [0.05, 0.1) is 0 Å². The van der Waals surface area contributed by atoms with E-state index >= 15 is 0 Å². The predicted octanol–water partition coefficient (Wildman–Crippen LogP) is -1.39. The zero-order valence-electron chi connectivity index (χ0n) is 9.33. The number of rotatable bonds is 0. The van der Waals surface area contributed by atoms with Crippen LogP contribution in [0.5, 0.6) is 0 Å². The van der Waals surface area contributed by atoms with E-state index in [0.29, 0.717) is 0 Å². The smallest absolute Gasteiger partial charge is 0 e. The molecule has 0 aromatic rings. The maximum absolute atomic E-state index is 0. The Kier molecular flexibility index (Phi) is 156. The van der Waals surface area contributed by atoms with Gasteiger partial charge < -0.3 is 8.56 Å². The summed E-state index contributed by atoms with van der Waals surface area (Å²) in [6.45, 7) is 0. The van der Waals surface area contributed by atoms with Gasteiger partial charge in [0.1, 0.15) is 0 Å². The molecule has 22 valence electrons. The second-order valence-corrected chi connectivity index (χ2v) is 0. The van der Waals surface area contributed by atoms with Crippen LogP contribution in [0.1, 0.15) is 8.56 Å². The van der Waals surface area contributed by atoms with E-state index in [0.717, 1.165) is 0 Å². The van der Waals surface area contributed by atoms with Crippen molar-refractivity contribution in [2.24, 2.45) is 0 Å². The first kappa shape index (κ1) is 33.4. The Morgan fingerprint density at radius 2 is 1.20 bits per heavy atom. The van der Waals surface area contributed by atoms with Crippen molar-refractivity contribution in [2.45, 2.75) is 0 Å². The summed E-state index contributed by atoms with van der Waals surface area (Å²) in [5.41, 5.74) is 0. The first-order valence-corrected chi connectivity index (χ1v) is 0. The van der Waals surface area contributed by atoms with Crippen LogP contribution in [0.25, 0.3) is 0 Å². The van der Waals surface area contributed by atoms with Gasteiger partial charge in [0.15, 0.2) is 0 Å². The molecule has 5 heteroatoms. The van der Waals surface area contributed by atoms with Crippen LogP contribution in [-0.4, -0.2) is 123 Å². The summed E-state index contributed by atoms with van der Waals surface area (Å²) in [6, 6.07) is 0. The van der Waals surface area contributed by atoms with E-state index in [1.54, 1.807) is 0 Å². The molecule has 0 aliphatic heterocycles. The van der Waals surface area contributed by atoms with Crippen LogP contribution in [-0.2, 0) is 19.5 Å². The zero-order chi connectivity index (χ0) is 0. The molecular formula is H8CaMgSeSrZn. The van der Waals surface area contributed by atoms with Crippen molar-refractivity contribution in [3.63, 3.8) is 0 Å². The third-order valence-electron chi connectivity index (χ3n) is 0. The SMILES string of the molecule is [Ca+2].[H-].[H-].[H-].[H-].[H-].[H-].[Mg+2].[SeH2].[Sr+2].[Zn]. The second-order valence-electron chi connectivity index (χ2n) is 0. The van der Waals surface area contributed by atoms with Gasteiger partial charge in [0.2, 0.25) is 0 Å². The monoisotopic (exact) mass is 304 g/mol. The molecule has 0 rings (SSSR count). The van der Waals surface area contributed by atoms with Gasteiger partial charge >= 0.3 is 123 Å². The Hall–Kier alpha value is 4.65. The molecule has 0 fully saturated rings. The molecule has 5 heavy (non-hydrogen) atoms. The topological polar surface area (TPSA) is 0 Å². The van der Waals surface area contributed by atoms with Crippen LogP contribution in [0.15, 0.2) is 0 Å². The van der Waals surface area contributed by atoms with Crippen molar-refractivity contribution in [2.75, 3.05) is 0 Å². The maximum Gasteiger partial charge on any atom is 2.00 e. The largest absolute Gasteiger partial charge is 2.00 e. The quantitative estimate of drug-likeness (QED) is 0.484. The normalized spacial score (nSPS) is 0. The van der Waals surface area contributed by atoms with E-state index < -0.39 is 0 Å². The molecule has 0 heterocycles. The number of hydrogen-bond acceptors (Lipinski definition) is 0. The summed E-state index contributed by atoms with van der Waals surface area (Å²) in [5.74, 6) is 0. The molecule has 0 bridgehead atoms. The average Bonchev–Trinajstić information content (AvgIpc) is 0. The molecule has 0 aliphatic rings. The molecular weight excluding hydrogens is 296 g/mol. The van der Waals surface area contributed by atoms with Crippen LogP contribution in [0, 0.1) is 0 Å². The zero-order valence-corrected chi connectivity index (χ0v) is 15.5. The molecule has 0 N–H and O–H groups in total. The summed E-state index contributed by atoms with van der Waals surface area (Å²) in [6.07, 6.45) is 0. The molecule has 0 nitrogen and oxygen atoms in total. The fraction of sp³-hybridized carbons (Fsp3) is 0. The van der Waals surface area contributed by atoms with Crippen LogP contribution in [0.2, 0.25) is 0 Å². The molecule has 0 saturated heterocycles. The van der Waals surface area contributed by atoms with E-state index in [4.69, 9.17) is 0 Å². The first-order valence-electron chi connectivity index (χ1n) is 0. The summed E-state index contributed by atoms with van der Waals surface area (Å²) in [4.78, 5) is 0. The van der Waals surface area contributed by atoms with Crippen molar-refractivity contribution in [1.29, 1.82) is 0 Å². The van der Waals surface area contributed by atoms with Crippen LogP contribution in [0.3, 0.4) is 0 Å². The minimum absolute atomic E-state index is 0. The van der Waals surface area contributed by atoms with E-state index in [2.05, 4.69) is 0 Å². The average molecular weight is 304 g/mol. The maximum atomic E-state index is 0.